The number of nitrogens with zero attached hydrogens (tertiary/aromatic N) is 1. The monoisotopic (exact) mass is 284 g/mol. The number of aryl methyl sites for hydroxylation is 1. The van der Waals surface area contributed by atoms with Gasteiger partial charge in [0.2, 0.25) is 5.89 Å². The summed E-state index contributed by atoms with van der Waals surface area (Å²) in [5, 5.41) is 2.58. The second-order valence-corrected chi connectivity index (χ2v) is 5.32. The van der Waals surface area contributed by atoms with Crippen molar-refractivity contribution in [3.8, 4) is 0 Å². The van der Waals surface area contributed by atoms with Crippen LogP contribution in [0.15, 0.2) is 4.42 Å². The van der Waals surface area contributed by atoms with Gasteiger partial charge in [0.1, 0.15) is 17.4 Å². The molecule has 0 aromatic carbocycles. The van der Waals surface area contributed by atoms with Gasteiger partial charge in [-0.05, 0) is 34.6 Å². The average molecular weight is 284 g/mol. The first-order chi connectivity index (χ1) is 9.14. The van der Waals surface area contributed by atoms with Gasteiger partial charge in [0.05, 0.1) is 7.11 Å². The van der Waals surface area contributed by atoms with Crippen LogP contribution in [-0.2, 0) is 9.47 Å². The Bertz CT molecular complexity index is 501. The van der Waals surface area contributed by atoms with E-state index in [0.717, 1.165) is 0 Å². The van der Waals surface area contributed by atoms with Crippen molar-refractivity contribution in [1.82, 2.24) is 10.3 Å². The van der Waals surface area contributed by atoms with E-state index in [1.54, 1.807) is 34.6 Å². The van der Waals surface area contributed by atoms with E-state index in [4.69, 9.17) is 9.15 Å². The minimum absolute atomic E-state index is 0.0975. The Morgan fingerprint density at radius 2 is 1.95 bits per heavy atom. The molecule has 0 fully saturated rings. The molecule has 0 aliphatic rings. The summed E-state index contributed by atoms with van der Waals surface area (Å²) in [5.74, 6) is -0.0274. The van der Waals surface area contributed by atoms with Crippen molar-refractivity contribution in [3.63, 3.8) is 0 Å². The lowest BCUT2D eigenvalue weighted by atomic mass is 10.2. The smallest absolute Gasteiger partial charge is 0.408 e. The van der Waals surface area contributed by atoms with Crippen LogP contribution in [0, 0.1) is 6.92 Å². The third kappa shape index (κ3) is 4.25. The Morgan fingerprint density at radius 1 is 1.35 bits per heavy atom. The first kappa shape index (κ1) is 16.0. The molecule has 1 rings (SSSR count). The van der Waals surface area contributed by atoms with Gasteiger partial charge < -0.3 is 19.2 Å². The number of ether oxygens (including phenoxy) is 2. The SMILES string of the molecule is COC(=O)c1nc(C(C)NC(=O)OC(C)(C)C)oc1C. The average Bonchev–Trinajstić information content (AvgIpc) is 2.67. The number of methoxy groups -OCH3 is 1. The molecule has 1 amide bonds. The second-order valence-electron chi connectivity index (χ2n) is 5.32. The van der Waals surface area contributed by atoms with Crippen molar-refractivity contribution in [3.05, 3.63) is 17.3 Å². The fraction of sp³-hybridized carbons (Fsp3) is 0.615. The number of carbonyl (C=O) groups is 2. The molecule has 0 radical (unpaired) electrons. The molecular weight excluding hydrogens is 264 g/mol. The van der Waals surface area contributed by atoms with E-state index in [0.29, 0.717) is 5.76 Å². The summed E-state index contributed by atoms with van der Waals surface area (Å²) in [6.45, 7) is 8.57. The number of carbonyl (C=O) groups excluding carboxylic acids is 2. The quantitative estimate of drug-likeness (QED) is 0.857. The third-order valence-electron chi connectivity index (χ3n) is 2.30. The van der Waals surface area contributed by atoms with Crippen molar-refractivity contribution < 1.29 is 23.5 Å². The lowest BCUT2D eigenvalue weighted by molar-refractivity contribution is 0.0500. The van der Waals surface area contributed by atoms with Crippen LogP contribution in [0.25, 0.3) is 0 Å². The van der Waals surface area contributed by atoms with Crippen molar-refractivity contribution in [2.75, 3.05) is 7.11 Å². The van der Waals surface area contributed by atoms with Crippen LogP contribution in [0.3, 0.4) is 0 Å². The predicted molar refractivity (Wildman–Crippen MR) is 70.4 cm³/mol. The van der Waals surface area contributed by atoms with Gasteiger partial charge in [-0.25, -0.2) is 14.6 Å². The highest BCUT2D eigenvalue weighted by Gasteiger charge is 2.24. The zero-order chi connectivity index (χ0) is 15.5. The van der Waals surface area contributed by atoms with Gasteiger partial charge in [-0.2, -0.15) is 0 Å². The first-order valence-electron chi connectivity index (χ1n) is 6.19. The van der Waals surface area contributed by atoms with Crippen LogP contribution < -0.4 is 5.32 Å². The van der Waals surface area contributed by atoms with E-state index < -0.39 is 23.7 Å². The molecule has 1 N–H and O–H groups in total. The van der Waals surface area contributed by atoms with Crippen LogP contribution >= 0.6 is 0 Å². The maximum absolute atomic E-state index is 11.6. The van der Waals surface area contributed by atoms with Gasteiger partial charge in [0, 0.05) is 0 Å². The van der Waals surface area contributed by atoms with Crippen LogP contribution in [0.1, 0.15) is 55.9 Å². The summed E-state index contributed by atoms with van der Waals surface area (Å²) in [6, 6.07) is -0.526. The Kier molecular flexibility index (Phi) is 4.75. The fourth-order valence-corrected chi connectivity index (χ4v) is 1.43. The molecule has 0 aliphatic heterocycles. The van der Waals surface area contributed by atoms with Crippen LogP contribution in [0.2, 0.25) is 0 Å². The van der Waals surface area contributed by atoms with Crippen molar-refractivity contribution >= 4 is 12.1 Å². The second kappa shape index (κ2) is 5.94. The summed E-state index contributed by atoms with van der Waals surface area (Å²) in [4.78, 5) is 27.1. The van der Waals surface area contributed by atoms with E-state index in [-0.39, 0.29) is 11.6 Å². The molecule has 0 aliphatic carbocycles. The Labute approximate surface area is 117 Å². The molecule has 1 unspecified atom stereocenters. The molecule has 20 heavy (non-hydrogen) atoms. The highest BCUT2D eigenvalue weighted by molar-refractivity contribution is 5.88. The maximum atomic E-state index is 11.6. The molecule has 0 saturated carbocycles. The summed E-state index contributed by atoms with van der Waals surface area (Å²) >= 11 is 0. The highest BCUT2D eigenvalue weighted by Crippen LogP contribution is 2.18. The molecule has 1 atom stereocenters. The molecule has 7 heteroatoms. The predicted octanol–water partition coefficient (Wildman–Crippen LogP) is 2.36. The molecule has 0 saturated heterocycles. The number of rotatable bonds is 3. The Balaban J connectivity index is 2.76. The normalized spacial score (nSPS) is 12.7. The van der Waals surface area contributed by atoms with Gasteiger partial charge in [0.15, 0.2) is 5.69 Å². The number of esters is 1. The zero-order valence-corrected chi connectivity index (χ0v) is 12.6. The summed E-state index contributed by atoms with van der Waals surface area (Å²) in [7, 11) is 1.26. The topological polar surface area (TPSA) is 90.7 Å². The third-order valence-corrected chi connectivity index (χ3v) is 2.30. The number of oxazole rings is 1. The number of hydrogen-bond acceptors (Lipinski definition) is 6. The van der Waals surface area contributed by atoms with Gasteiger partial charge in [-0.15, -0.1) is 0 Å². The molecule has 1 aromatic heterocycles. The minimum Gasteiger partial charge on any atom is -0.464 e. The van der Waals surface area contributed by atoms with Crippen molar-refractivity contribution in [2.24, 2.45) is 0 Å². The van der Waals surface area contributed by atoms with Crippen LogP contribution in [0.4, 0.5) is 4.79 Å². The van der Waals surface area contributed by atoms with E-state index >= 15 is 0 Å². The number of nitrogens with one attached hydrogen (secondary N) is 1. The molecule has 7 nitrogen and oxygen atoms in total. The molecular formula is C13H20N2O5. The molecule has 1 aromatic rings. The van der Waals surface area contributed by atoms with Crippen molar-refractivity contribution in [2.45, 2.75) is 46.3 Å². The van der Waals surface area contributed by atoms with Crippen LogP contribution in [-0.4, -0.2) is 29.8 Å². The molecule has 0 bridgehead atoms. The highest BCUT2D eigenvalue weighted by atomic mass is 16.6. The zero-order valence-electron chi connectivity index (χ0n) is 12.6. The number of aromatic nitrogens is 1. The van der Waals surface area contributed by atoms with Gasteiger partial charge >= 0.3 is 12.1 Å². The summed E-state index contributed by atoms with van der Waals surface area (Å²) in [5.41, 5.74) is -0.492. The summed E-state index contributed by atoms with van der Waals surface area (Å²) < 4.78 is 15.1. The Morgan fingerprint density at radius 3 is 2.45 bits per heavy atom. The van der Waals surface area contributed by atoms with Crippen LogP contribution in [0.5, 0.6) is 0 Å². The first-order valence-corrected chi connectivity index (χ1v) is 6.19. The molecule has 0 spiro atoms. The Hall–Kier alpha value is -2.05. The maximum Gasteiger partial charge on any atom is 0.408 e. The van der Waals surface area contributed by atoms with Gasteiger partial charge in [-0.1, -0.05) is 0 Å². The lowest BCUT2D eigenvalue weighted by Crippen LogP contribution is -2.34. The van der Waals surface area contributed by atoms with Gasteiger partial charge in [-0.3, -0.25) is 0 Å². The largest absolute Gasteiger partial charge is 0.464 e. The minimum atomic E-state index is -0.590. The van der Waals surface area contributed by atoms with Crippen molar-refractivity contribution in [1.29, 1.82) is 0 Å². The van der Waals surface area contributed by atoms with E-state index in [1.165, 1.54) is 7.11 Å². The van der Waals surface area contributed by atoms with E-state index in [2.05, 4.69) is 15.0 Å². The number of hydrogen-bond donors (Lipinski definition) is 1. The van der Waals surface area contributed by atoms with E-state index in [1.807, 2.05) is 0 Å². The fourth-order valence-electron chi connectivity index (χ4n) is 1.43. The van der Waals surface area contributed by atoms with Gasteiger partial charge in [0.25, 0.3) is 0 Å². The standard InChI is InChI=1S/C13H20N2O5/c1-7(14-12(17)20-13(3,4)5)10-15-9(8(2)19-10)11(16)18-6/h7H,1-6H3,(H,14,17). The molecule has 112 valence electrons. The molecule has 1 heterocycles. The summed E-state index contributed by atoms with van der Waals surface area (Å²) in [6.07, 6.45) is -0.583. The number of alkyl carbamates (subject to hydrolysis) is 1. The number of amides is 1. The lowest BCUT2D eigenvalue weighted by Gasteiger charge is -2.20. The van der Waals surface area contributed by atoms with E-state index in [9.17, 15) is 9.59 Å².